The van der Waals surface area contributed by atoms with Crippen LogP contribution >= 0.6 is 0 Å². The fourth-order valence-electron chi connectivity index (χ4n) is 1.50. The summed E-state index contributed by atoms with van der Waals surface area (Å²) in [6.45, 7) is 8.62. The van der Waals surface area contributed by atoms with Gasteiger partial charge in [-0.2, -0.15) is 0 Å². The van der Waals surface area contributed by atoms with E-state index in [9.17, 15) is 0 Å². The molecule has 0 saturated heterocycles. The number of nitrogens with two attached hydrogens (primary N) is 1. The van der Waals surface area contributed by atoms with Gasteiger partial charge in [0.25, 0.3) is 0 Å². The van der Waals surface area contributed by atoms with Crippen LogP contribution in [0.3, 0.4) is 0 Å². The third-order valence-corrected chi connectivity index (χ3v) is 3.03. The van der Waals surface area contributed by atoms with Crippen LogP contribution in [0, 0.1) is 5.92 Å². The highest BCUT2D eigenvalue weighted by Gasteiger charge is 2.15. The van der Waals surface area contributed by atoms with E-state index in [1.165, 1.54) is 0 Å². The van der Waals surface area contributed by atoms with Gasteiger partial charge in [0.1, 0.15) is 17.5 Å². The molecule has 0 spiro atoms. The van der Waals surface area contributed by atoms with Gasteiger partial charge >= 0.3 is 0 Å². The molecule has 0 aromatic carbocycles. The summed E-state index contributed by atoms with van der Waals surface area (Å²) in [5.41, 5.74) is 5.77. The lowest BCUT2D eigenvalue weighted by Crippen LogP contribution is -2.34. The fourth-order valence-corrected chi connectivity index (χ4v) is 1.50. The lowest BCUT2D eigenvalue weighted by Gasteiger charge is -2.29. The molecule has 1 rings (SSSR count). The van der Waals surface area contributed by atoms with Crippen molar-refractivity contribution in [2.75, 3.05) is 17.7 Å². The summed E-state index contributed by atoms with van der Waals surface area (Å²) in [4.78, 5) is 10.8. The minimum Gasteiger partial charge on any atom is -0.384 e. The quantitative estimate of drug-likeness (QED) is 0.847. The van der Waals surface area contributed by atoms with E-state index in [1.54, 1.807) is 0 Å². The molecular weight excluding hydrogens is 200 g/mol. The number of rotatable bonds is 4. The van der Waals surface area contributed by atoms with E-state index in [-0.39, 0.29) is 0 Å². The zero-order valence-electron chi connectivity index (χ0n) is 10.9. The summed E-state index contributed by atoms with van der Waals surface area (Å²) < 4.78 is 0. The fraction of sp³-hybridized carbons (Fsp3) is 0.667. The van der Waals surface area contributed by atoms with E-state index < -0.39 is 0 Å². The van der Waals surface area contributed by atoms with Crippen molar-refractivity contribution in [1.82, 2.24) is 9.97 Å². The second-order valence-electron chi connectivity index (χ2n) is 4.52. The van der Waals surface area contributed by atoms with Crippen LogP contribution < -0.4 is 10.6 Å². The zero-order chi connectivity index (χ0) is 12.3. The maximum absolute atomic E-state index is 5.77. The molecule has 4 heteroatoms. The molecule has 90 valence electrons. The van der Waals surface area contributed by atoms with Crippen LogP contribution in [0.5, 0.6) is 0 Å². The predicted molar refractivity (Wildman–Crippen MR) is 68.5 cm³/mol. The van der Waals surface area contributed by atoms with Crippen LogP contribution in [-0.2, 0) is 6.42 Å². The lowest BCUT2D eigenvalue weighted by atomic mass is 10.1. The lowest BCUT2D eigenvalue weighted by molar-refractivity contribution is 0.502. The molecule has 16 heavy (non-hydrogen) atoms. The molecule has 0 amide bonds. The van der Waals surface area contributed by atoms with Gasteiger partial charge < -0.3 is 10.6 Å². The van der Waals surface area contributed by atoms with Crippen LogP contribution in [0.4, 0.5) is 11.6 Å². The Bertz CT molecular complexity index is 349. The molecule has 4 nitrogen and oxygen atoms in total. The highest BCUT2D eigenvalue weighted by molar-refractivity contribution is 5.47. The van der Waals surface area contributed by atoms with Crippen molar-refractivity contribution in [2.45, 2.75) is 40.2 Å². The summed E-state index contributed by atoms with van der Waals surface area (Å²) in [7, 11) is 2.05. The van der Waals surface area contributed by atoms with Crippen LogP contribution in [-0.4, -0.2) is 23.1 Å². The smallest absolute Gasteiger partial charge is 0.134 e. The third-order valence-electron chi connectivity index (χ3n) is 3.03. The molecule has 0 bridgehead atoms. The third kappa shape index (κ3) is 2.84. The van der Waals surface area contributed by atoms with Gasteiger partial charge in [-0.25, -0.2) is 9.97 Å². The van der Waals surface area contributed by atoms with Gasteiger partial charge in [-0.15, -0.1) is 0 Å². The minimum absolute atomic E-state index is 0.430. The Balaban J connectivity index is 2.98. The van der Waals surface area contributed by atoms with E-state index in [0.29, 0.717) is 17.8 Å². The number of hydrogen-bond acceptors (Lipinski definition) is 4. The Morgan fingerprint density at radius 3 is 2.44 bits per heavy atom. The average molecular weight is 222 g/mol. The Morgan fingerprint density at radius 1 is 1.31 bits per heavy atom. The molecule has 1 unspecified atom stereocenters. The van der Waals surface area contributed by atoms with Gasteiger partial charge in [-0.05, 0) is 12.8 Å². The number of anilines is 2. The van der Waals surface area contributed by atoms with E-state index >= 15 is 0 Å². The molecule has 0 radical (unpaired) electrons. The van der Waals surface area contributed by atoms with E-state index in [4.69, 9.17) is 5.73 Å². The van der Waals surface area contributed by atoms with Gasteiger partial charge in [0.15, 0.2) is 0 Å². The van der Waals surface area contributed by atoms with Crippen molar-refractivity contribution >= 4 is 11.6 Å². The minimum atomic E-state index is 0.430. The maximum Gasteiger partial charge on any atom is 0.134 e. The summed E-state index contributed by atoms with van der Waals surface area (Å²) >= 11 is 0. The largest absolute Gasteiger partial charge is 0.384 e. The molecule has 0 aliphatic rings. The second-order valence-corrected chi connectivity index (χ2v) is 4.52. The van der Waals surface area contributed by atoms with Crippen molar-refractivity contribution in [1.29, 1.82) is 0 Å². The SMILES string of the molecule is CCc1nc(N)cc(N(C)C(C)C(C)C)n1. The standard InChI is InChI=1S/C12H22N4/c1-6-11-14-10(13)7-12(15-11)16(5)9(4)8(2)3/h7-9H,6H2,1-5H3,(H2,13,14,15). The molecule has 1 atom stereocenters. The molecule has 2 N–H and O–H groups in total. The van der Waals surface area contributed by atoms with Gasteiger partial charge in [0.2, 0.25) is 0 Å². The summed E-state index contributed by atoms with van der Waals surface area (Å²) in [5.74, 6) is 2.83. The van der Waals surface area contributed by atoms with E-state index in [2.05, 4.69) is 35.6 Å². The van der Waals surface area contributed by atoms with E-state index in [1.807, 2.05) is 20.0 Å². The van der Waals surface area contributed by atoms with Crippen LogP contribution in [0.1, 0.15) is 33.5 Å². The zero-order valence-corrected chi connectivity index (χ0v) is 10.9. The molecule has 1 aromatic rings. The van der Waals surface area contributed by atoms with Crippen molar-refractivity contribution in [3.8, 4) is 0 Å². The van der Waals surface area contributed by atoms with Crippen LogP contribution in [0.25, 0.3) is 0 Å². The van der Waals surface area contributed by atoms with Crippen molar-refractivity contribution in [2.24, 2.45) is 5.92 Å². The van der Waals surface area contributed by atoms with Crippen LogP contribution in [0.2, 0.25) is 0 Å². The van der Waals surface area contributed by atoms with E-state index in [0.717, 1.165) is 18.1 Å². The molecule has 1 heterocycles. The molecule has 0 saturated carbocycles. The first kappa shape index (κ1) is 12.7. The predicted octanol–water partition coefficient (Wildman–Crippen LogP) is 2.10. The second kappa shape index (κ2) is 5.14. The highest BCUT2D eigenvalue weighted by Crippen LogP contribution is 2.18. The Hall–Kier alpha value is -1.32. The summed E-state index contributed by atoms with van der Waals surface area (Å²) in [6, 6.07) is 2.26. The Labute approximate surface area is 97.9 Å². The van der Waals surface area contributed by atoms with Crippen molar-refractivity contribution in [3.05, 3.63) is 11.9 Å². The average Bonchev–Trinajstić information content (AvgIpc) is 2.25. The van der Waals surface area contributed by atoms with Gasteiger partial charge in [0.05, 0.1) is 0 Å². The van der Waals surface area contributed by atoms with Gasteiger partial charge in [-0.1, -0.05) is 20.8 Å². The van der Waals surface area contributed by atoms with Crippen molar-refractivity contribution < 1.29 is 0 Å². The summed E-state index contributed by atoms with van der Waals surface area (Å²) in [6.07, 6.45) is 0.807. The number of hydrogen-bond donors (Lipinski definition) is 1. The Morgan fingerprint density at radius 2 is 1.94 bits per heavy atom. The molecule has 0 aliphatic heterocycles. The highest BCUT2D eigenvalue weighted by atomic mass is 15.2. The molecular formula is C12H22N4. The normalized spacial score (nSPS) is 12.9. The number of aromatic nitrogens is 2. The first-order valence-corrected chi connectivity index (χ1v) is 5.82. The number of aryl methyl sites for hydroxylation is 1. The van der Waals surface area contributed by atoms with Crippen molar-refractivity contribution in [3.63, 3.8) is 0 Å². The molecule has 0 aliphatic carbocycles. The topological polar surface area (TPSA) is 55.0 Å². The molecule has 0 fully saturated rings. The van der Waals surface area contributed by atoms with Crippen LogP contribution in [0.15, 0.2) is 6.07 Å². The number of nitrogens with zero attached hydrogens (tertiary/aromatic N) is 3. The Kier molecular flexibility index (Phi) is 4.10. The summed E-state index contributed by atoms with van der Waals surface area (Å²) in [5, 5.41) is 0. The van der Waals surface area contributed by atoms with Gasteiger partial charge in [-0.3, -0.25) is 0 Å². The molecule has 1 aromatic heterocycles. The van der Waals surface area contributed by atoms with Gasteiger partial charge in [0, 0.05) is 25.6 Å². The number of nitrogen functional groups attached to an aromatic ring is 1. The maximum atomic E-state index is 5.77. The monoisotopic (exact) mass is 222 g/mol. The first-order chi connectivity index (χ1) is 7.45. The first-order valence-electron chi connectivity index (χ1n) is 5.82.